The number of likely N-dealkylation sites (tertiary alicyclic amines) is 1. The predicted octanol–water partition coefficient (Wildman–Crippen LogP) is 2.27. The average molecular weight is 318 g/mol. The summed E-state index contributed by atoms with van der Waals surface area (Å²) in [5, 5.41) is 0. The molecule has 0 aromatic carbocycles. The molecule has 18 heavy (non-hydrogen) atoms. The average Bonchev–Trinajstić information content (AvgIpc) is 2.85. The van der Waals surface area contributed by atoms with E-state index in [-0.39, 0.29) is 5.91 Å². The zero-order valence-electron chi connectivity index (χ0n) is 10.4. The third kappa shape index (κ3) is 2.60. The lowest BCUT2D eigenvalue weighted by Gasteiger charge is -2.39. The number of halogens is 1. The molecule has 0 radical (unpaired) electrons. The van der Waals surface area contributed by atoms with Crippen LogP contribution in [0.25, 0.3) is 0 Å². The van der Waals surface area contributed by atoms with E-state index in [1.165, 1.54) is 0 Å². The number of ether oxygens (including phenoxy) is 2. The fourth-order valence-corrected chi connectivity index (χ4v) is 2.43. The van der Waals surface area contributed by atoms with E-state index in [0.29, 0.717) is 36.4 Å². The molecule has 1 amide bonds. The lowest BCUT2D eigenvalue weighted by atomic mass is 10.0. The van der Waals surface area contributed by atoms with Crippen LogP contribution in [0.3, 0.4) is 0 Å². The first-order valence-corrected chi connectivity index (χ1v) is 6.54. The first-order chi connectivity index (χ1) is 8.60. The molecule has 1 aliphatic heterocycles. The molecule has 0 saturated carbocycles. The first kappa shape index (κ1) is 13.6. The van der Waals surface area contributed by atoms with Crippen molar-refractivity contribution >= 4 is 21.8 Å². The lowest BCUT2D eigenvalue weighted by molar-refractivity contribution is -0.226. The molecule has 0 bridgehead atoms. The highest BCUT2D eigenvalue weighted by atomic mass is 79.9. The summed E-state index contributed by atoms with van der Waals surface area (Å²) in [6.45, 7) is 1.19. The molecular formula is C12H16BrNO4. The fourth-order valence-electron chi connectivity index (χ4n) is 2.13. The Morgan fingerprint density at radius 1 is 1.33 bits per heavy atom. The van der Waals surface area contributed by atoms with Gasteiger partial charge in [0, 0.05) is 40.2 Å². The quantitative estimate of drug-likeness (QED) is 0.802. The highest BCUT2D eigenvalue weighted by molar-refractivity contribution is 9.10. The van der Waals surface area contributed by atoms with Gasteiger partial charge in [0.05, 0.1) is 0 Å². The van der Waals surface area contributed by atoms with Gasteiger partial charge in [-0.3, -0.25) is 4.79 Å². The number of amides is 1. The Bertz CT molecular complexity index is 417. The van der Waals surface area contributed by atoms with Gasteiger partial charge in [0.25, 0.3) is 5.91 Å². The van der Waals surface area contributed by atoms with Gasteiger partial charge in [-0.25, -0.2) is 0 Å². The van der Waals surface area contributed by atoms with Crippen molar-refractivity contribution in [1.82, 2.24) is 4.90 Å². The Hall–Kier alpha value is -0.850. The van der Waals surface area contributed by atoms with Crippen molar-refractivity contribution in [3.8, 4) is 0 Å². The van der Waals surface area contributed by atoms with E-state index < -0.39 is 5.79 Å². The summed E-state index contributed by atoms with van der Waals surface area (Å²) >= 11 is 3.19. The molecule has 1 aliphatic rings. The predicted molar refractivity (Wildman–Crippen MR) is 68.3 cm³/mol. The van der Waals surface area contributed by atoms with Crippen LogP contribution in [0, 0.1) is 0 Å². The van der Waals surface area contributed by atoms with Crippen molar-refractivity contribution in [3.63, 3.8) is 0 Å². The zero-order chi connectivity index (χ0) is 13.2. The topological polar surface area (TPSA) is 51.9 Å². The fraction of sp³-hybridized carbons (Fsp3) is 0.583. The second-order valence-corrected chi connectivity index (χ2v) is 5.00. The third-order valence-corrected chi connectivity index (χ3v) is 3.77. The van der Waals surface area contributed by atoms with Crippen LogP contribution >= 0.6 is 15.9 Å². The Labute approximate surface area is 114 Å². The molecule has 2 heterocycles. The Kier molecular flexibility index (Phi) is 4.09. The van der Waals surface area contributed by atoms with Crippen LogP contribution in [0.15, 0.2) is 21.2 Å². The van der Waals surface area contributed by atoms with Gasteiger partial charge >= 0.3 is 0 Å². The minimum absolute atomic E-state index is 0.0958. The molecule has 0 atom stereocenters. The monoisotopic (exact) mass is 317 g/mol. The Morgan fingerprint density at radius 3 is 2.39 bits per heavy atom. The summed E-state index contributed by atoms with van der Waals surface area (Å²) in [6.07, 6.45) is 1.32. The van der Waals surface area contributed by atoms with Crippen LogP contribution < -0.4 is 0 Å². The second-order valence-electron chi connectivity index (χ2n) is 4.21. The van der Waals surface area contributed by atoms with Gasteiger partial charge in [-0.05, 0) is 28.1 Å². The number of methoxy groups -OCH3 is 2. The summed E-state index contributed by atoms with van der Waals surface area (Å²) in [5.74, 6) is -0.300. The van der Waals surface area contributed by atoms with Crippen LogP contribution in [0.2, 0.25) is 0 Å². The largest absolute Gasteiger partial charge is 0.444 e. The van der Waals surface area contributed by atoms with Gasteiger partial charge in [-0.15, -0.1) is 0 Å². The molecule has 1 fully saturated rings. The molecule has 1 aromatic rings. The number of carbonyl (C=O) groups is 1. The summed E-state index contributed by atoms with van der Waals surface area (Å²) in [5.41, 5.74) is 0. The van der Waals surface area contributed by atoms with Crippen molar-refractivity contribution in [2.75, 3.05) is 27.3 Å². The van der Waals surface area contributed by atoms with Crippen molar-refractivity contribution in [1.29, 1.82) is 0 Å². The van der Waals surface area contributed by atoms with E-state index in [1.807, 2.05) is 0 Å². The summed E-state index contributed by atoms with van der Waals surface area (Å²) in [6, 6.07) is 3.38. The van der Waals surface area contributed by atoms with Crippen LogP contribution in [0.1, 0.15) is 23.4 Å². The van der Waals surface area contributed by atoms with Gasteiger partial charge in [0.2, 0.25) is 0 Å². The molecule has 0 spiro atoms. The van der Waals surface area contributed by atoms with Crippen molar-refractivity contribution in [3.05, 3.63) is 22.6 Å². The minimum Gasteiger partial charge on any atom is -0.444 e. The van der Waals surface area contributed by atoms with Gasteiger partial charge in [0.15, 0.2) is 16.2 Å². The first-order valence-electron chi connectivity index (χ1n) is 5.75. The van der Waals surface area contributed by atoms with Crippen molar-refractivity contribution < 1.29 is 18.7 Å². The van der Waals surface area contributed by atoms with Gasteiger partial charge in [-0.1, -0.05) is 0 Å². The van der Waals surface area contributed by atoms with E-state index >= 15 is 0 Å². The van der Waals surface area contributed by atoms with E-state index in [4.69, 9.17) is 13.9 Å². The van der Waals surface area contributed by atoms with Gasteiger partial charge in [0.1, 0.15) is 0 Å². The maximum atomic E-state index is 12.1. The smallest absolute Gasteiger partial charge is 0.289 e. The number of rotatable bonds is 3. The van der Waals surface area contributed by atoms with E-state index in [0.717, 1.165) is 0 Å². The number of hydrogen-bond donors (Lipinski definition) is 0. The Balaban J connectivity index is 1.99. The SMILES string of the molecule is COC1(OC)CCN(C(=O)c2ccc(Br)o2)CC1. The number of nitrogens with zero attached hydrogens (tertiary/aromatic N) is 1. The number of hydrogen-bond acceptors (Lipinski definition) is 4. The Morgan fingerprint density at radius 2 is 1.94 bits per heavy atom. The summed E-state index contributed by atoms with van der Waals surface area (Å²) in [4.78, 5) is 13.9. The molecule has 5 nitrogen and oxygen atoms in total. The van der Waals surface area contributed by atoms with Gasteiger partial charge in [-0.2, -0.15) is 0 Å². The van der Waals surface area contributed by atoms with Crippen LogP contribution in [-0.4, -0.2) is 43.9 Å². The maximum Gasteiger partial charge on any atom is 0.289 e. The molecule has 6 heteroatoms. The molecule has 1 aromatic heterocycles. The minimum atomic E-state index is -0.555. The van der Waals surface area contributed by atoms with Gasteiger partial charge < -0.3 is 18.8 Å². The normalized spacial score (nSPS) is 18.9. The third-order valence-electron chi connectivity index (χ3n) is 3.34. The van der Waals surface area contributed by atoms with E-state index in [2.05, 4.69) is 15.9 Å². The van der Waals surface area contributed by atoms with Crippen molar-refractivity contribution in [2.45, 2.75) is 18.6 Å². The number of piperidine rings is 1. The molecule has 100 valence electrons. The summed E-state index contributed by atoms with van der Waals surface area (Å²) in [7, 11) is 3.26. The number of carbonyl (C=O) groups excluding carboxylic acids is 1. The van der Waals surface area contributed by atoms with Crippen LogP contribution in [0.4, 0.5) is 0 Å². The van der Waals surface area contributed by atoms with Crippen LogP contribution in [0.5, 0.6) is 0 Å². The number of furan rings is 1. The molecule has 0 aliphatic carbocycles. The molecule has 2 rings (SSSR count). The highest BCUT2D eigenvalue weighted by Crippen LogP contribution is 2.27. The highest BCUT2D eigenvalue weighted by Gasteiger charge is 2.36. The van der Waals surface area contributed by atoms with Crippen molar-refractivity contribution in [2.24, 2.45) is 0 Å². The molecule has 0 unspecified atom stereocenters. The summed E-state index contributed by atoms with van der Waals surface area (Å²) < 4.78 is 16.6. The standard InChI is InChI=1S/C12H16BrNO4/c1-16-12(17-2)5-7-14(8-6-12)11(15)9-3-4-10(13)18-9/h3-4H,5-8H2,1-2H3. The lowest BCUT2D eigenvalue weighted by Crippen LogP contribution is -2.48. The zero-order valence-corrected chi connectivity index (χ0v) is 12.0. The molecule has 1 saturated heterocycles. The van der Waals surface area contributed by atoms with Crippen LogP contribution in [-0.2, 0) is 9.47 Å². The molecule has 0 N–H and O–H groups in total. The van der Waals surface area contributed by atoms with E-state index in [9.17, 15) is 4.79 Å². The molecular weight excluding hydrogens is 302 g/mol. The maximum absolute atomic E-state index is 12.1. The second kappa shape index (κ2) is 5.42. The van der Waals surface area contributed by atoms with E-state index in [1.54, 1.807) is 31.3 Å².